The molecular formula is C14H20N2O4. The van der Waals surface area contributed by atoms with Gasteiger partial charge in [0.15, 0.2) is 6.61 Å². The number of nitrogen functional groups attached to an aromatic ring is 1. The zero-order valence-corrected chi connectivity index (χ0v) is 11.8. The predicted molar refractivity (Wildman–Crippen MR) is 75.4 cm³/mol. The highest BCUT2D eigenvalue weighted by Gasteiger charge is 2.15. The van der Waals surface area contributed by atoms with E-state index in [1.54, 1.807) is 32.2 Å². The van der Waals surface area contributed by atoms with E-state index in [9.17, 15) is 9.59 Å². The van der Waals surface area contributed by atoms with Crippen LogP contribution < -0.4 is 11.1 Å². The van der Waals surface area contributed by atoms with Crippen molar-refractivity contribution >= 4 is 17.6 Å². The van der Waals surface area contributed by atoms with Gasteiger partial charge in [0.1, 0.15) is 0 Å². The second-order valence-corrected chi connectivity index (χ2v) is 4.31. The molecule has 110 valence electrons. The molecule has 0 aliphatic rings. The Morgan fingerprint density at radius 2 is 2.10 bits per heavy atom. The molecule has 20 heavy (non-hydrogen) atoms. The molecule has 0 atom stereocenters. The van der Waals surface area contributed by atoms with Gasteiger partial charge in [-0.3, -0.25) is 4.79 Å². The summed E-state index contributed by atoms with van der Waals surface area (Å²) in [6.07, 6.45) is 0.709. The summed E-state index contributed by atoms with van der Waals surface area (Å²) >= 11 is 0. The molecule has 0 saturated carbocycles. The molecule has 1 aromatic rings. The van der Waals surface area contributed by atoms with Gasteiger partial charge in [0.25, 0.3) is 5.91 Å². The van der Waals surface area contributed by atoms with Crippen molar-refractivity contribution in [2.45, 2.75) is 13.3 Å². The second kappa shape index (κ2) is 8.16. The van der Waals surface area contributed by atoms with Gasteiger partial charge in [-0.2, -0.15) is 0 Å². The number of benzene rings is 1. The minimum absolute atomic E-state index is 0.305. The number of hydrogen-bond acceptors (Lipinski definition) is 5. The lowest BCUT2D eigenvalue weighted by Crippen LogP contribution is -2.30. The van der Waals surface area contributed by atoms with Gasteiger partial charge in [0, 0.05) is 25.9 Å². The molecule has 0 aliphatic carbocycles. The zero-order valence-electron chi connectivity index (χ0n) is 11.8. The largest absolute Gasteiger partial charge is 0.452 e. The minimum Gasteiger partial charge on any atom is -0.452 e. The number of hydrogen-bond donors (Lipinski definition) is 2. The third kappa shape index (κ3) is 4.89. The van der Waals surface area contributed by atoms with E-state index in [-0.39, 0.29) is 12.5 Å². The Kier molecular flexibility index (Phi) is 6.52. The fourth-order valence-corrected chi connectivity index (χ4v) is 1.67. The summed E-state index contributed by atoms with van der Waals surface area (Å²) in [5.74, 6) is -0.936. The van der Waals surface area contributed by atoms with Crippen LogP contribution in [0.25, 0.3) is 0 Å². The number of aryl methyl sites for hydroxylation is 1. The van der Waals surface area contributed by atoms with Crippen LogP contribution in [0.1, 0.15) is 22.3 Å². The lowest BCUT2D eigenvalue weighted by molar-refractivity contribution is -0.124. The van der Waals surface area contributed by atoms with E-state index in [0.717, 1.165) is 5.56 Å². The van der Waals surface area contributed by atoms with Crippen LogP contribution in [0.5, 0.6) is 0 Å². The molecule has 0 spiro atoms. The van der Waals surface area contributed by atoms with Crippen LogP contribution in [0.4, 0.5) is 5.69 Å². The molecule has 1 amide bonds. The van der Waals surface area contributed by atoms with Crippen LogP contribution in [-0.2, 0) is 14.3 Å². The average molecular weight is 280 g/mol. The van der Waals surface area contributed by atoms with Crippen molar-refractivity contribution in [2.24, 2.45) is 0 Å². The molecule has 0 unspecified atom stereocenters. The van der Waals surface area contributed by atoms with Gasteiger partial charge in [0.2, 0.25) is 0 Å². The maximum atomic E-state index is 11.9. The van der Waals surface area contributed by atoms with E-state index in [1.807, 2.05) is 0 Å². The van der Waals surface area contributed by atoms with Crippen molar-refractivity contribution in [1.82, 2.24) is 5.32 Å². The molecule has 3 N–H and O–H groups in total. The average Bonchev–Trinajstić information content (AvgIpc) is 2.41. The Labute approximate surface area is 118 Å². The van der Waals surface area contributed by atoms with Gasteiger partial charge in [-0.25, -0.2) is 4.79 Å². The van der Waals surface area contributed by atoms with Crippen LogP contribution in [0.15, 0.2) is 18.2 Å². The molecule has 0 saturated heterocycles. The van der Waals surface area contributed by atoms with Crippen LogP contribution >= 0.6 is 0 Å². The van der Waals surface area contributed by atoms with Gasteiger partial charge in [0.05, 0.1) is 5.56 Å². The van der Waals surface area contributed by atoms with Crippen LogP contribution in [0.2, 0.25) is 0 Å². The van der Waals surface area contributed by atoms with E-state index in [2.05, 4.69) is 5.32 Å². The van der Waals surface area contributed by atoms with Crippen LogP contribution in [-0.4, -0.2) is 38.7 Å². The van der Waals surface area contributed by atoms with Crippen molar-refractivity contribution < 1.29 is 19.1 Å². The summed E-state index contributed by atoms with van der Waals surface area (Å²) < 4.78 is 9.80. The first-order valence-corrected chi connectivity index (χ1v) is 6.34. The monoisotopic (exact) mass is 280 g/mol. The number of ether oxygens (including phenoxy) is 2. The van der Waals surface area contributed by atoms with Gasteiger partial charge in [-0.15, -0.1) is 0 Å². The second-order valence-electron chi connectivity index (χ2n) is 4.31. The molecule has 0 aromatic heterocycles. The predicted octanol–water partition coefficient (Wildman–Crippen LogP) is 0.887. The first-order chi connectivity index (χ1) is 9.56. The number of carbonyl (C=O) groups is 2. The van der Waals surface area contributed by atoms with Crippen LogP contribution in [0, 0.1) is 6.92 Å². The maximum Gasteiger partial charge on any atom is 0.341 e. The van der Waals surface area contributed by atoms with Gasteiger partial charge in [-0.05, 0) is 25.0 Å². The van der Waals surface area contributed by atoms with Crippen molar-refractivity contribution in [3.8, 4) is 0 Å². The zero-order chi connectivity index (χ0) is 15.0. The highest BCUT2D eigenvalue weighted by atomic mass is 16.5. The summed E-state index contributed by atoms with van der Waals surface area (Å²) in [7, 11) is 1.59. The lowest BCUT2D eigenvalue weighted by Gasteiger charge is -2.09. The molecular weight excluding hydrogens is 260 g/mol. The number of esters is 1. The fourth-order valence-electron chi connectivity index (χ4n) is 1.67. The summed E-state index contributed by atoms with van der Waals surface area (Å²) in [4.78, 5) is 23.3. The Hall–Kier alpha value is -2.08. The van der Waals surface area contributed by atoms with Crippen molar-refractivity contribution in [3.05, 3.63) is 29.3 Å². The number of anilines is 1. The highest BCUT2D eigenvalue weighted by molar-refractivity contribution is 5.97. The molecule has 6 heteroatoms. The summed E-state index contributed by atoms with van der Waals surface area (Å²) in [5.41, 5.74) is 7.09. The van der Waals surface area contributed by atoms with E-state index in [0.29, 0.717) is 30.8 Å². The van der Waals surface area contributed by atoms with E-state index in [1.165, 1.54) is 0 Å². The number of rotatable bonds is 7. The van der Waals surface area contributed by atoms with Crippen molar-refractivity contribution in [3.63, 3.8) is 0 Å². The SMILES string of the molecule is COCCCNC(=O)COC(=O)c1c(C)cccc1N. The van der Waals surface area contributed by atoms with Gasteiger partial charge in [-0.1, -0.05) is 12.1 Å². The first kappa shape index (κ1) is 16.0. The summed E-state index contributed by atoms with van der Waals surface area (Å²) in [5, 5.41) is 2.63. The molecule has 1 rings (SSSR count). The minimum atomic E-state index is -0.590. The quantitative estimate of drug-likeness (QED) is 0.439. The molecule has 0 heterocycles. The standard InChI is InChI=1S/C14H20N2O4/c1-10-5-3-6-11(15)13(10)14(18)20-9-12(17)16-7-4-8-19-2/h3,5-6H,4,7-9,15H2,1-2H3,(H,16,17). The van der Waals surface area contributed by atoms with Gasteiger partial charge < -0.3 is 20.5 Å². The number of amides is 1. The Morgan fingerprint density at radius 1 is 1.35 bits per heavy atom. The molecule has 6 nitrogen and oxygen atoms in total. The third-order valence-corrected chi connectivity index (χ3v) is 2.69. The van der Waals surface area contributed by atoms with E-state index < -0.39 is 5.97 Å². The smallest absolute Gasteiger partial charge is 0.341 e. The van der Waals surface area contributed by atoms with Crippen molar-refractivity contribution in [1.29, 1.82) is 0 Å². The normalized spacial score (nSPS) is 10.1. The van der Waals surface area contributed by atoms with Gasteiger partial charge >= 0.3 is 5.97 Å². The Balaban J connectivity index is 2.41. The van der Waals surface area contributed by atoms with Crippen molar-refractivity contribution in [2.75, 3.05) is 32.6 Å². The van der Waals surface area contributed by atoms with E-state index >= 15 is 0 Å². The number of nitrogens with one attached hydrogen (secondary N) is 1. The highest BCUT2D eigenvalue weighted by Crippen LogP contribution is 2.17. The first-order valence-electron chi connectivity index (χ1n) is 6.34. The maximum absolute atomic E-state index is 11.9. The molecule has 0 radical (unpaired) electrons. The van der Waals surface area contributed by atoms with Crippen LogP contribution in [0.3, 0.4) is 0 Å². The third-order valence-electron chi connectivity index (χ3n) is 2.69. The molecule has 0 bridgehead atoms. The van der Waals surface area contributed by atoms with E-state index in [4.69, 9.17) is 15.2 Å². The number of nitrogens with two attached hydrogens (primary N) is 1. The summed E-state index contributed by atoms with van der Waals surface area (Å²) in [6, 6.07) is 5.14. The number of carbonyl (C=O) groups excluding carboxylic acids is 2. The number of methoxy groups -OCH3 is 1. The lowest BCUT2D eigenvalue weighted by atomic mass is 10.1. The molecule has 0 aliphatic heterocycles. The topological polar surface area (TPSA) is 90.6 Å². The summed E-state index contributed by atoms with van der Waals surface area (Å²) in [6.45, 7) is 2.49. The Morgan fingerprint density at radius 3 is 2.75 bits per heavy atom. The molecule has 0 fully saturated rings. The Bertz CT molecular complexity index is 454. The molecule has 1 aromatic carbocycles. The fraction of sp³-hybridized carbons (Fsp3) is 0.429.